The monoisotopic (exact) mass is 493 g/mol. The number of thioether (sulfide) groups is 1. The average Bonchev–Trinajstić information content (AvgIpc) is 2.56. The highest BCUT2D eigenvalue weighted by Crippen LogP contribution is 2.34. The first-order valence-electron chi connectivity index (χ1n) is 8.49. The summed E-state index contributed by atoms with van der Waals surface area (Å²) in [5.41, 5.74) is -0.784. The summed E-state index contributed by atoms with van der Waals surface area (Å²) in [4.78, 5) is 46.8. The Labute approximate surface area is 187 Å². The normalized spacial score (nSPS) is 26.9. The molecule has 0 aromatic carbocycles. The van der Waals surface area contributed by atoms with Gasteiger partial charge in [0.25, 0.3) is 9.70 Å². The molecule has 0 bridgehead atoms. The van der Waals surface area contributed by atoms with E-state index >= 15 is 0 Å². The van der Waals surface area contributed by atoms with Gasteiger partial charge in [0.1, 0.15) is 24.2 Å². The van der Waals surface area contributed by atoms with Crippen LogP contribution in [0.4, 0.5) is 0 Å². The lowest BCUT2D eigenvalue weighted by atomic mass is 9.97. The minimum absolute atomic E-state index is 0.267. The minimum atomic E-state index is -2.28. The third-order valence-electron chi connectivity index (χ3n) is 3.59. The highest BCUT2D eigenvalue weighted by molar-refractivity contribution is 7.99. The van der Waals surface area contributed by atoms with Gasteiger partial charge in [-0.1, -0.05) is 41.7 Å². The topological polar surface area (TPSA) is 117 Å². The molecule has 0 spiro atoms. The Morgan fingerprint density at radius 2 is 1.55 bits per heavy atom. The van der Waals surface area contributed by atoms with Crippen LogP contribution in [0.2, 0.25) is 0 Å². The molecule has 1 aliphatic rings. The smallest absolute Gasteiger partial charge is 0.303 e. The standard InChI is InChI=1S/C16H22Cl3NO8S/c1-5-29-14-11(20-15(24)16(17,18)19)13(27-9(4)23)12(26-8(3)22)10(28-14)6-25-7(2)21/h10-14H,5-6H2,1-4H3,(H,20,24)/t10-,11-,12-,13-,14+/m1/s1. The lowest BCUT2D eigenvalue weighted by Crippen LogP contribution is -2.66. The largest absolute Gasteiger partial charge is 0.463 e. The van der Waals surface area contributed by atoms with Crippen molar-refractivity contribution in [3.63, 3.8) is 0 Å². The van der Waals surface area contributed by atoms with E-state index in [1.165, 1.54) is 18.7 Å². The van der Waals surface area contributed by atoms with Crippen molar-refractivity contribution in [1.82, 2.24) is 5.32 Å². The number of hydrogen-bond donors (Lipinski definition) is 1. The van der Waals surface area contributed by atoms with Crippen LogP contribution >= 0.6 is 46.6 Å². The molecular formula is C16H22Cl3NO8S. The number of halogens is 3. The Kier molecular flexibility index (Phi) is 10.3. The number of esters is 3. The summed E-state index contributed by atoms with van der Waals surface area (Å²) < 4.78 is 19.2. The summed E-state index contributed by atoms with van der Waals surface area (Å²) in [6, 6.07) is -1.02. The maximum atomic E-state index is 12.3. The van der Waals surface area contributed by atoms with E-state index in [4.69, 9.17) is 53.8 Å². The first-order valence-corrected chi connectivity index (χ1v) is 10.7. The second kappa shape index (κ2) is 11.5. The van der Waals surface area contributed by atoms with Gasteiger partial charge in [-0.05, 0) is 5.75 Å². The Morgan fingerprint density at radius 1 is 1.00 bits per heavy atom. The third kappa shape index (κ3) is 8.37. The molecule has 13 heteroatoms. The van der Waals surface area contributed by atoms with E-state index in [2.05, 4.69) is 5.32 Å². The molecule has 1 N–H and O–H groups in total. The van der Waals surface area contributed by atoms with E-state index in [1.807, 2.05) is 6.92 Å². The number of carbonyl (C=O) groups is 4. The number of ether oxygens (including phenoxy) is 4. The van der Waals surface area contributed by atoms with Crippen LogP contribution in [0.15, 0.2) is 0 Å². The zero-order chi connectivity index (χ0) is 22.4. The van der Waals surface area contributed by atoms with Crippen LogP contribution in [0.3, 0.4) is 0 Å². The van der Waals surface area contributed by atoms with E-state index in [1.54, 1.807) is 0 Å². The number of hydrogen-bond acceptors (Lipinski definition) is 9. The molecule has 1 aliphatic heterocycles. The minimum Gasteiger partial charge on any atom is -0.463 e. The summed E-state index contributed by atoms with van der Waals surface area (Å²) >= 11 is 18.2. The summed E-state index contributed by atoms with van der Waals surface area (Å²) in [5.74, 6) is -2.40. The summed E-state index contributed by atoms with van der Waals surface area (Å²) in [6.45, 7) is 5.07. The van der Waals surface area contributed by atoms with Crippen molar-refractivity contribution < 1.29 is 38.1 Å². The van der Waals surface area contributed by atoms with Gasteiger partial charge in [-0.25, -0.2) is 0 Å². The summed E-state index contributed by atoms with van der Waals surface area (Å²) in [5, 5.41) is 2.48. The second-order valence-corrected chi connectivity index (χ2v) is 9.60. The van der Waals surface area contributed by atoms with Gasteiger partial charge in [-0.15, -0.1) is 11.8 Å². The zero-order valence-electron chi connectivity index (χ0n) is 16.1. The maximum Gasteiger partial charge on any atom is 0.303 e. The van der Waals surface area contributed by atoms with Gasteiger partial charge < -0.3 is 24.3 Å². The van der Waals surface area contributed by atoms with E-state index in [9.17, 15) is 19.2 Å². The number of amides is 1. The highest BCUT2D eigenvalue weighted by atomic mass is 35.6. The Hall–Kier alpha value is -0.940. The van der Waals surface area contributed by atoms with E-state index in [0.717, 1.165) is 13.8 Å². The van der Waals surface area contributed by atoms with Crippen LogP contribution < -0.4 is 5.32 Å². The highest BCUT2D eigenvalue weighted by Gasteiger charge is 2.52. The molecule has 166 valence electrons. The molecule has 0 aromatic heterocycles. The molecule has 0 saturated carbocycles. The Bertz CT molecular complexity index is 630. The summed E-state index contributed by atoms with van der Waals surface area (Å²) in [7, 11) is 0. The van der Waals surface area contributed by atoms with Crippen molar-refractivity contribution in [1.29, 1.82) is 0 Å². The Balaban J connectivity index is 3.31. The van der Waals surface area contributed by atoms with Gasteiger partial charge in [0, 0.05) is 20.8 Å². The van der Waals surface area contributed by atoms with Crippen LogP contribution in [0.5, 0.6) is 0 Å². The molecule has 5 atom stereocenters. The quantitative estimate of drug-likeness (QED) is 0.321. The molecule has 29 heavy (non-hydrogen) atoms. The fourth-order valence-electron chi connectivity index (χ4n) is 2.60. The zero-order valence-corrected chi connectivity index (χ0v) is 19.2. The van der Waals surface area contributed by atoms with Crippen LogP contribution in [-0.2, 0) is 38.1 Å². The van der Waals surface area contributed by atoms with Gasteiger partial charge in [0.2, 0.25) is 0 Å². The lowest BCUT2D eigenvalue weighted by molar-refractivity contribution is -0.211. The molecule has 1 heterocycles. The van der Waals surface area contributed by atoms with E-state index in [-0.39, 0.29) is 6.61 Å². The van der Waals surface area contributed by atoms with Gasteiger partial charge >= 0.3 is 17.9 Å². The predicted molar refractivity (Wildman–Crippen MR) is 107 cm³/mol. The Morgan fingerprint density at radius 3 is 2.00 bits per heavy atom. The van der Waals surface area contributed by atoms with Gasteiger partial charge in [0.15, 0.2) is 12.2 Å². The molecule has 1 fully saturated rings. The number of carbonyl (C=O) groups excluding carboxylic acids is 4. The molecule has 1 rings (SSSR count). The van der Waals surface area contributed by atoms with Crippen molar-refractivity contribution in [3.8, 4) is 0 Å². The van der Waals surface area contributed by atoms with Crippen molar-refractivity contribution in [2.75, 3.05) is 12.4 Å². The molecule has 0 unspecified atom stereocenters. The molecule has 0 aromatic rings. The maximum absolute atomic E-state index is 12.3. The molecule has 0 aliphatic carbocycles. The molecular weight excluding hydrogens is 473 g/mol. The molecule has 1 amide bonds. The van der Waals surface area contributed by atoms with Crippen molar-refractivity contribution >= 4 is 70.4 Å². The fraction of sp³-hybridized carbons (Fsp3) is 0.750. The van der Waals surface area contributed by atoms with Crippen LogP contribution in [-0.4, -0.2) is 69.8 Å². The first-order chi connectivity index (χ1) is 13.4. The van der Waals surface area contributed by atoms with Gasteiger partial charge in [0.05, 0.1) is 0 Å². The van der Waals surface area contributed by atoms with Crippen molar-refractivity contribution in [2.24, 2.45) is 0 Å². The summed E-state index contributed by atoms with van der Waals surface area (Å²) in [6.07, 6.45) is -3.34. The third-order valence-corrected chi connectivity index (χ3v) is 5.17. The van der Waals surface area contributed by atoms with E-state index < -0.39 is 57.4 Å². The number of rotatable bonds is 7. The van der Waals surface area contributed by atoms with Crippen molar-refractivity contribution in [2.45, 2.75) is 61.3 Å². The van der Waals surface area contributed by atoms with E-state index in [0.29, 0.717) is 5.75 Å². The van der Waals surface area contributed by atoms with Gasteiger partial charge in [-0.2, -0.15) is 0 Å². The average molecular weight is 495 g/mol. The molecule has 0 radical (unpaired) electrons. The van der Waals surface area contributed by atoms with Crippen LogP contribution in [0.1, 0.15) is 27.7 Å². The van der Waals surface area contributed by atoms with Gasteiger partial charge in [-0.3, -0.25) is 19.2 Å². The van der Waals surface area contributed by atoms with Crippen LogP contribution in [0, 0.1) is 0 Å². The number of nitrogens with one attached hydrogen (secondary N) is 1. The number of alkyl halides is 3. The first kappa shape index (κ1) is 26.1. The predicted octanol–water partition coefficient (Wildman–Crippen LogP) is 1.75. The SMILES string of the molecule is CCS[C@@H]1O[C@H](COC(C)=O)[C@@H](OC(C)=O)[C@H](OC(C)=O)[C@H]1NC(=O)C(Cl)(Cl)Cl. The lowest BCUT2D eigenvalue weighted by Gasteiger charge is -2.45. The van der Waals surface area contributed by atoms with Crippen molar-refractivity contribution in [3.05, 3.63) is 0 Å². The molecule has 9 nitrogen and oxygen atoms in total. The fourth-order valence-corrected chi connectivity index (χ4v) is 3.74. The van der Waals surface area contributed by atoms with Crippen LogP contribution in [0.25, 0.3) is 0 Å². The second-order valence-electron chi connectivity index (χ2n) is 5.95. The molecule has 1 saturated heterocycles.